The Morgan fingerprint density at radius 1 is 1.20 bits per heavy atom. The molecule has 0 bridgehead atoms. The third kappa shape index (κ3) is 2.47. The highest BCUT2D eigenvalue weighted by Gasteiger charge is 2.49. The first-order valence-electron chi connectivity index (χ1n) is 2.31. The number of rotatable bonds is 2. The quantitative estimate of drug-likeness (QED) is 0.743. The van der Waals surface area contributed by atoms with Crippen LogP contribution in [-0.2, 0) is 0 Å². The molecule has 1 nitrogen and oxygen atoms in total. The molecule has 0 saturated heterocycles. The minimum absolute atomic E-state index is 0.754. The van der Waals surface area contributed by atoms with Gasteiger partial charge in [-0.1, -0.05) is 46.4 Å². The van der Waals surface area contributed by atoms with Crippen LogP contribution in [0.2, 0.25) is 0 Å². The normalized spacial score (nSPS) is 17.1. The van der Waals surface area contributed by atoms with Crippen LogP contribution in [0, 0.1) is 0 Å². The zero-order chi connectivity index (χ0) is 8.58. The van der Waals surface area contributed by atoms with Gasteiger partial charge in [0.2, 0.25) is 4.52 Å². The van der Waals surface area contributed by atoms with E-state index in [4.69, 9.17) is 63.1 Å². The van der Waals surface area contributed by atoms with Gasteiger partial charge in [0.25, 0.3) is 0 Å². The zero-order valence-corrected chi connectivity index (χ0v) is 8.69. The Kier molecular flexibility index (Phi) is 3.91. The lowest BCUT2D eigenvalue weighted by molar-refractivity contribution is 0.194. The average molecular weight is 246 g/mol. The summed E-state index contributed by atoms with van der Waals surface area (Å²) in [5.41, 5.74) is 0. The summed E-state index contributed by atoms with van der Waals surface area (Å²) in [5, 5.41) is 8.14. The number of aliphatic hydroxyl groups is 1. The van der Waals surface area contributed by atoms with Crippen LogP contribution in [0.1, 0.15) is 6.92 Å². The van der Waals surface area contributed by atoms with Crippen molar-refractivity contribution in [3.05, 3.63) is 0 Å². The van der Waals surface area contributed by atoms with E-state index in [1.54, 1.807) is 0 Å². The molecule has 1 unspecified atom stereocenters. The first kappa shape index (κ1) is 11.4. The molecule has 0 aromatic carbocycles. The van der Waals surface area contributed by atoms with E-state index in [0.29, 0.717) is 0 Å². The van der Waals surface area contributed by atoms with Crippen LogP contribution in [0.4, 0.5) is 0 Å². The van der Waals surface area contributed by atoms with E-state index in [1.807, 2.05) is 0 Å². The average Bonchev–Trinajstić information content (AvgIpc) is 1.62. The van der Waals surface area contributed by atoms with Gasteiger partial charge in [0.1, 0.15) is 0 Å². The molecular weight excluding hydrogens is 241 g/mol. The fourth-order valence-corrected chi connectivity index (χ4v) is 0.836. The van der Waals surface area contributed by atoms with E-state index < -0.39 is 14.2 Å². The molecule has 0 saturated carbocycles. The molecule has 0 amide bonds. The van der Waals surface area contributed by atoms with E-state index >= 15 is 0 Å². The summed E-state index contributed by atoms with van der Waals surface area (Å²) in [7, 11) is 0. The van der Waals surface area contributed by atoms with Crippen LogP contribution in [0.5, 0.6) is 0 Å². The Morgan fingerprint density at radius 2 is 1.50 bits per heavy atom. The molecule has 0 aromatic rings. The van der Waals surface area contributed by atoms with Crippen molar-refractivity contribution in [3.8, 4) is 0 Å². The van der Waals surface area contributed by atoms with Crippen molar-refractivity contribution in [2.45, 2.75) is 21.2 Å². The first-order chi connectivity index (χ1) is 4.19. The summed E-state index contributed by atoms with van der Waals surface area (Å²) < 4.78 is -4.01. The van der Waals surface area contributed by atoms with Crippen molar-refractivity contribution in [3.63, 3.8) is 0 Å². The van der Waals surface area contributed by atoms with Gasteiger partial charge in [-0.25, -0.2) is 0 Å². The smallest absolute Gasteiger partial charge is 0.250 e. The van der Waals surface area contributed by atoms with Crippen molar-refractivity contribution in [1.82, 2.24) is 0 Å². The lowest BCUT2D eigenvalue weighted by Crippen LogP contribution is -2.42. The zero-order valence-electron chi connectivity index (χ0n) is 4.91. The van der Waals surface area contributed by atoms with Crippen molar-refractivity contribution in [1.29, 1.82) is 0 Å². The number of hydrogen-bond acceptors (Lipinski definition) is 1. The highest BCUT2D eigenvalue weighted by atomic mass is 35.5. The van der Waals surface area contributed by atoms with Crippen molar-refractivity contribution >= 4 is 58.0 Å². The lowest BCUT2D eigenvalue weighted by Gasteiger charge is -2.29. The maximum Gasteiger partial charge on any atom is 0.250 e. The predicted octanol–water partition coefficient (Wildman–Crippen LogP) is 2.91. The Balaban J connectivity index is 4.40. The second-order valence-electron chi connectivity index (χ2n) is 1.78. The molecule has 0 spiro atoms. The van der Waals surface area contributed by atoms with Crippen molar-refractivity contribution in [2.75, 3.05) is 0 Å². The third-order valence-corrected chi connectivity index (χ3v) is 3.64. The molecule has 6 heteroatoms. The molecule has 0 rings (SSSR count). The van der Waals surface area contributed by atoms with Gasteiger partial charge in [-0.3, -0.25) is 0 Å². The lowest BCUT2D eigenvalue weighted by atomic mass is 10.3. The van der Waals surface area contributed by atoms with E-state index in [2.05, 4.69) is 0 Å². The minimum atomic E-state index is -2.24. The first-order valence-corrected chi connectivity index (χ1v) is 4.26. The maximum atomic E-state index is 8.90. The summed E-state index contributed by atoms with van der Waals surface area (Å²) in [5.74, 6) is 0. The highest BCUT2D eigenvalue weighted by molar-refractivity contribution is 6.63. The number of hydrogen-bond donors (Lipinski definition) is 1. The van der Waals surface area contributed by atoms with Crippen molar-refractivity contribution in [2.24, 2.45) is 0 Å². The fraction of sp³-hybridized carbons (Fsp3) is 1.00. The topological polar surface area (TPSA) is 20.2 Å². The second kappa shape index (κ2) is 3.42. The molecule has 0 radical (unpaired) electrons. The Morgan fingerprint density at radius 3 is 1.50 bits per heavy atom. The highest BCUT2D eigenvalue weighted by Crippen LogP contribution is 2.44. The standard InChI is InChI=1S/C4H5Cl5O/c1-2(5)3(6,7)4(8,9)10/h2,10H,1H3. The maximum absolute atomic E-state index is 8.90. The Labute approximate surface area is 84.1 Å². The van der Waals surface area contributed by atoms with Crippen LogP contribution in [0.15, 0.2) is 0 Å². The van der Waals surface area contributed by atoms with Gasteiger partial charge in [-0.15, -0.1) is 11.6 Å². The molecule has 0 aliphatic carbocycles. The van der Waals surface area contributed by atoms with Gasteiger partial charge in [0.05, 0.1) is 5.38 Å². The summed E-state index contributed by atoms with van der Waals surface area (Å²) in [4.78, 5) is 0. The third-order valence-electron chi connectivity index (χ3n) is 0.901. The monoisotopic (exact) mass is 244 g/mol. The van der Waals surface area contributed by atoms with Crippen LogP contribution >= 0.6 is 58.0 Å². The molecule has 62 valence electrons. The summed E-state index contributed by atoms with van der Waals surface area (Å²) in [6.07, 6.45) is 0. The summed E-state index contributed by atoms with van der Waals surface area (Å²) >= 11 is 26.8. The molecule has 10 heavy (non-hydrogen) atoms. The van der Waals surface area contributed by atoms with Crippen LogP contribution < -0.4 is 0 Å². The largest absolute Gasteiger partial charge is 0.360 e. The van der Waals surface area contributed by atoms with E-state index in [9.17, 15) is 0 Å². The van der Waals surface area contributed by atoms with Gasteiger partial charge < -0.3 is 5.11 Å². The summed E-state index contributed by atoms with van der Waals surface area (Å²) in [6, 6.07) is 0. The molecule has 1 atom stereocenters. The molecule has 0 heterocycles. The molecule has 0 aliphatic rings. The molecule has 0 aliphatic heterocycles. The van der Waals surface area contributed by atoms with Gasteiger partial charge >= 0.3 is 0 Å². The molecule has 1 N–H and O–H groups in total. The van der Waals surface area contributed by atoms with Gasteiger partial charge in [-0.2, -0.15) is 0 Å². The van der Waals surface area contributed by atoms with Crippen LogP contribution in [-0.4, -0.2) is 19.3 Å². The van der Waals surface area contributed by atoms with Crippen molar-refractivity contribution < 1.29 is 5.11 Å². The predicted molar refractivity (Wildman–Crippen MR) is 46.4 cm³/mol. The van der Waals surface area contributed by atoms with Gasteiger partial charge in [0, 0.05) is 0 Å². The summed E-state index contributed by atoms with van der Waals surface area (Å²) in [6.45, 7) is 1.47. The van der Waals surface area contributed by atoms with E-state index in [-0.39, 0.29) is 0 Å². The Bertz CT molecular complexity index is 115. The Hall–Kier alpha value is 1.41. The van der Waals surface area contributed by atoms with Gasteiger partial charge in [-0.05, 0) is 6.92 Å². The second-order valence-corrected chi connectivity index (χ2v) is 5.11. The molecule has 0 fully saturated rings. The SMILES string of the molecule is CC(Cl)C(Cl)(Cl)C(O)(Cl)Cl. The molecule has 0 aromatic heterocycles. The fourth-order valence-electron chi connectivity index (χ4n) is 0.239. The molecular formula is C4H5Cl5O. The van der Waals surface area contributed by atoms with Crippen LogP contribution in [0.25, 0.3) is 0 Å². The minimum Gasteiger partial charge on any atom is -0.360 e. The van der Waals surface area contributed by atoms with E-state index in [1.165, 1.54) is 6.92 Å². The van der Waals surface area contributed by atoms with Gasteiger partial charge in [0.15, 0.2) is 4.33 Å². The number of halogens is 5. The van der Waals surface area contributed by atoms with E-state index in [0.717, 1.165) is 0 Å². The number of alkyl halides is 5. The van der Waals surface area contributed by atoms with Crippen LogP contribution in [0.3, 0.4) is 0 Å².